The van der Waals surface area contributed by atoms with Crippen molar-refractivity contribution in [2.24, 2.45) is 0 Å². The first-order valence-corrected chi connectivity index (χ1v) is 4.47. The van der Waals surface area contributed by atoms with E-state index in [2.05, 4.69) is 26.1 Å². The van der Waals surface area contributed by atoms with Gasteiger partial charge < -0.3 is 17.7 Å². The average molecular weight is 217 g/mol. The molecule has 0 aromatic heterocycles. The number of halogens is 2. The molecule has 0 spiro atoms. The molecule has 0 unspecified atom stereocenters. The number of hydrogen-bond acceptors (Lipinski definition) is 1. The van der Waals surface area contributed by atoms with Gasteiger partial charge in [0.25, 0.3) is 0 Å². The summed E-state index contributed by atoms with van der Waals surface area (Å²) in [6.45, 7) is 6.77. The largest absolute Gasteiger partial charge is 1.00 e. The Bertz CT molecular complexity index is 281. The molecule has 1 N–H and O–H groups in total. The first-order valence-electron chi connectivity index (χ1n) is 4.47. The molecule has 0 aliphatic rings. The van der Waals surface area contributed by atoms with E-state index in [0.29, 0.717) is 6.54 Å². The summed E-state index contributed by atoms with van der Waals surface area (Å²) >= 11 is 0. The predicted octanol–water partition coefficient (Wildman–Crippen LogP) is -0.282. The van der Waals surface area contributed by atoms with Crippen LogP contribution in [0.3, 0.4) is 0 Å². The molecule has 0 atom stereocenters. The molecule has 0 fully saturated rings. The highest BCUT2D eigenvalue weighted by atomic mass is 35.5. The Kier molecular flexibility index (Phi) is 5.09. The van der Waals surface area contributed by atoms with Crippen molar-refractivity contribution in [3.05, 3.63) is 35.6 Å². The fourth-order valence-electron chi connectivity index (χ4n) is 1.00. The van der Waals surface area contributed by atoms with Crippen LogP contribution in [-0.4, -0.2) is 5.54 Å². The highest BCUT2D eigenvalue weighted by Gasteiger charge is 2.09. The van der Waals surface area contributed by atoms with E-state index in [1.807, 2.05) is 6.07 Å². The molecule has 80 valence electrons. The number of hydrogen-bond donors (Lipinski definition) is 1. The lowest BCUT2D eigenvalue weighted by atomic mass is 10.1. The van der Waals surface area contributed by atoms with Gasteiger partial charge in [0.2, 0.25) is 0 Å². The quantitative estimate of drug-likeness (QED) is 0.717. The van der Waals surface area contributed by atoms with Gasteiger partial charge in [-0.05, 0) is 26.8 Å². The summed E-state index contributed by atoms with van der Waals surface area (Å²) in [6.07, 6.45) is 0. The molecular formula is C11H16ClFN-. The minimum absolute atomic E-state index is 0. The minimum Gasteiger partial charge on any atom is -1.00 e. The van der Waals surface area contributed by atoms with Crippen LogP contribution in [0.2, 0.25) is 0 Å². The molecule has 0 heterocycles. The number of benzene rings is 1. The molecule has 0 aliphatic carbocycles. The van der Waals surface area contributed by atoms with Gasteiger partial charge in [-0.3, -0.25) is 0 Å². The third-order valence-corrected chi connectivity index (χ3v) is 1.77. The van der Waals surface area contributed by atoms with Crippen LogP contribution in [0.1, 0.15) is 26.3 Å². The summed E-state index contributed by atoms with van der Waals surface area (Å²) < 4.78 is 13.1. The minimum atomic E-state index is -0.140. The third-order valence-electron chi connectivity index (χ3n) is 1.77. The molecule has 1 aromatic carbocycles. The van der Waals surface area contributed by atoms with Crippen molar-refractivity contribution in [2.45, 2.75) is 32.9 Å². The molecule has 0 bridgehead atoms. The molecule has 3 heteroatoms. The summed E-state index contributed by atoms with van der Waals surface area (Å²) in [5.41, 5.74) is 0.750. The van der Waals surface area contributed by atoms with Crippen molar-refractivity contribution >= 4 is 0 Å². The Morgan fingerprint density at radius 2 is 1.79 bits per heavy atom. The van der Waals surface area contributed by atoms with Gasteiger partial charge in [0.05, 0.1) is 0 Å². The van der Waals surface area contributed by atoms with Gasteiger partial charge in [-0.25, -0.2) is 4.39 Å². The van der Waals surface area contributed by atoms with E-state index in [9.17, 15) is 4.39 Å². The maximum Gasteiger partial charge on any atom is 0.127 e. The van der Waals surface area contributed by atoms with E-state index >= 15 is 0 Å². The summed E-state index contributed by atoms with van der Waals surface area (Å²) in [6, 6.07) is 6.84. The SMILES string of the molecule is CC(C)(C)NCc1ccccc1F.[Cl-]. The van der Waals surface area contributed by atoms with Crippen LogP contribution >= 0.6 is 0 Å². The monoisotopic (exact) mass is 216 g/mol. The molecule has 1 rings (SSSR count). The zero-order valence-corrected chi connectivity index (χ0v) is 9.53. The maximum absolute atomic E-state index is 13.1. The first-order chi connectivity index (χ1) is 5.99. The first kappa shape index (κ1) is 13.4. The lowest BCUT2D eigenvalue weighted by Gasteiger charge is -2.20. The van der Waals surface area contributed by atoms with Crippen LogP contribution in [0.25, 0.3) is 0 Å². The molecule has 14 heavy (non-hydrogen) atoms. The van der Waals surface area contributed by atoms with Gasteiger partial charge in [-0.1, -0.05) is 18.2 Å². The van der Waals surface area contributed by atoms with Gasteiger partial charge >= 0.3 is 0 Å². The van der Waals surface area contributed by atoms with E-state index in [1.165, 1.54) is 6.07 Å². The second-order valence-corrected chi connectivity index (χ2v) is 4.19. The highest BCUT2D eigenvalue weighted by molar-refractivity contribution is 5.17. The molecule has 0 saturated heterocycles. The Morgan fingerprint density at radius 1 is 1.21 bits per heavy atom. The van der Waals surface area contributed by atoms with Crippen LogP contribution in [-0.2, 0) is 6.54 Å². The van der Waals surface area contributed by atoms with Crippen LogP contribution in [0, 0.1) is 5.82 Å². The van der Waals surface area contributed by atoms with E-state index < -0.39 is 0 Å². The molecule has 0 saturated carbocycles. The topological polar surface area (TPSA) is 12.0 Å². The number of nitrogens with one attached hydrogen (secondary N) is 1. The molecule has 1 nitrogen and oxygen atoms in total. The van der Waals surface area contributed by atoms with Gasteiger partial charge in [0.1, 0.15) is 5.82 Å². The van der Waals surface area contributed by atoms with Crippen molar-refractivity contribution in [3.63, 3.8) is 0 Å². The molecule has 0 radical (unpaired) electrons. The van der Waals surface area contributed by atoms with Crippen molar-refractivity contribution < 1.29 is 16.8 Å². The second kappa shape index (κ2) is 5.32. The Balaban J connectivity index is 0.00000169. The van der Waals surface area contributed by atoms with Gasteiger partial charge in [0.15, 0.2) is 0 Å². The predicted molar refractivity (Wildman–Crippen MR) is 53.0 cm³/mol. The Hall–Kier alpha value is -0.600. The summed E-state index contributed by atoms with van der Waals surface area (Å²) in [5, 5.41) is 3.24. The Labute approximate surface area is 91.1 Å². The third kappa shape index (κ3) is 4.58. The van der Waals surface area contributed by atoms with Crippen molar-refractivity contribution in [2.75, 3.05) is 0 Å². The van der Waals surface area contributed by atoms with Crippen molar-refractivity contribution in [1.29, 1.82) is 0 Å². The normalized spacial score (nSPS) is 10.9. The van der Waals surface area contributed by atoms with Crippen LogP contribution in [0.5, 0.6) is 0 Å². The summed E-state index contributed by atoms with van der Waals surface area (Å²) in [4.78, 5) is 0. The van der Waals surface area contributed by atoms with E-state index in [1.54, 1.807) is 12.1 Å². The highest BCUT2D eigenvalue weighted by Crippen LogP contribution is 2.08. The van der Waals surface area contributed by atoms with Gasteiger partial charge in [0, 0.05) is 17.6 Å². The molecule has 0 amide bonds. The van der Waals surface area contributed by atoms with E-state index in [0.717, 1.165) is 5.56 Å². The number of rotatable bonds is 2. The van der Waals surface area contributed by atoms with Crippen molar-refractivity contribution in [1.82, 2.24) is 5.32 Å². The fraction of sp³-hybridized carbons (Fsp3) is 0.455. The zero-order valence-electron chi connectivity index (χ0n) is 8.77. The second-order valence-electron chi connectivity index (χ2n) is 4.19. The van der Waals surface area contributed by atoms with E-state index in [-0.39, 0.29) is 23.8 Å². The summed E-state index contributed by atoms with van der Waals surface area (Å²) in [5.74, 6) is -0.140. The maximum atomic E-state index is 13.1. The molecular weight excluding hydrogens is 201 g/mol. The van der Waals surface area contributed by atoms with Gasteiger partial charge in [-0.2, -0.15) is 0 Å². The van der Waals surface area contributed by atoms with Crippen LogP contribution < -0.4 is 17.7 Å². The van der Waals surface area contributed by atoms with E-state index in [4.69, 9.17) is 0 Å². The lowest BCUT2D eigenvalue weighted by Crippen LogP contribution is -3.00. The smallest absolute Gasteiger partial charge is 0.127 e. The molecule has 1 aromatic rings. The van der Waals surface area contributed by atoms with Crippen LogP contribution in [0.15, 0.2) is 24.3 Å². The van der Waals surface area contributed by atoms with Gasteiger partial charge in [-0.15, -0.1) is 0 Å². The lowest BCUT2D eigenvalue weighted by molar-refractivity contribution is -0.00000407. The van der Waals surface area contributed by atoms with Crippen LogP contribution in [0.4, 0.5) is 4.39 Å². The Morgan fingerprint density at radius 3 is 2.29 bits per heavy atom. The average Bonchev–Trinajstić information content (AvgIpc) is 2.01. The van der Waals surface area contributed by atoms with Crippen molar-refractivity contribution in [3.8, 4) is 0 Å². The summed E-state index contributed by atoms with van der Waals surface area (Å²) in [7, 11) is 0. The molecule has 0 aliphatic heterocycles. The standard InChI is InChI=1S/C11H16FN.ClH/c1-11(2,3)13-8-9-6-4-5-7-10(9)12;/h4-7,13H,8H2,1-3H3;1H/p-1. The zero-order chi connectivity index (χ0) is 9.90. The fourth-order valence-corrected chi connectivity index (χ4v) is 1.00.